The first kappa shape index (κ1) is 15.2. The molecule has 0 amide bonds. The number of halogens is 4. The molecule has 1 aromatic carbocycles. The van der Waals surface area contributed by atoms with E-state index < -0.39 is 28.3 Å². The molecule has 0 spiro atoms. The molecule has 0 saturated heterocycles. The van der Waals surface area contributed by atoms with E-state index in [4.69, 9.17) is 21.1 Å². The second kappa shape index (κ2) is 5.30. The number of ether oxygens (including phenoxy) is 2. The highest BCUT2D eigenvalue weighted by molar-refractivity contribution is 7.87. The van der Waals surface area contributed by atoms with E-state index in [0.29, 0.717) is 10.8 Å². The zero-order valence-corrected chi connectivity index (χ0v) is 11.3. The molecule has 1 aromatic rings. The fourth-order valence-electron chi connectivity index (χ4n) is 1.40. The highest BCUT2D eigenvalue weighted by Gasteiger charge is 2.47. The number of fused-ring (bicyclic) bond motifs is 1. The molecule has 1 aliphatic rings. The zero-order valence-electron chi connectivity index (χ0n) is 9.68. The number of hydrogen-bond acceptors (Lipinski definition) is 5. The Kier molecular flexibility index (Phi) is 4.03. The zero-order chi connectivity index (χ0) is 15.0. The van der Waals surface area contributed by atoms with Gasteiger partial charge in [-0.1, -0.05) is 11.6 Å². The molecule has 0 bridgehead atoms. The first-order valence-electron chi connectivity index (χ1n) is 5.24. The predicted octanol–water partition coefficient (Wildman–Crippen LogP) is 2.35. The number of rotatable bonds is 3. The SMILES string of the molecule is O=S(=O)(OC[C@H]1COc2cc(Cl)ccc2O1)C(F)(F)F. The monoisotopic (exact) mass is 332 g/mol. The first-order chi connectivity index (χ1) is 9.19. The molecule has 0 N–H and O–H groups in total. The van der Waals surface area contributed by atoms with E-state index in [-0.39, 0.29) is 12.4 Å². The largest absolute Gasteiger partial charge is 0.523 e. The van der Waals surface area contributed by atoms with Crippen LogP contribution in [0, 0.1) is 0 Å². The maximum Gasteiger partial charge on any atom is 0.523 e. The third kappa shape index (κ3) is 3.28. The van der Waals surface area contributed by atoms with Crippen LogP contribution in [0.1, 0.15) is 0 Å². The lowest BCUT2D eigenvalue weighted by molar-refractivity contribution is -0.0572. The van der Waals surface area contributed by atoms with Gasteiger partial charge in [0.1, 0.15) is 13.2 Å². The quantitative estimate of drug-likeness (QED) is 0.628. The Morgan fingerprint density at radius 2 is 2.05 bits per heavy atom. The summed E-state index contributed by atoms with van der Waals surface area (Å²) >= 11 is 5.72. The summed E-state index contributed by atoms with van der Waals surface area (Å²) in [6, 6.07) is 4.43. The summed E-state index contributed by atoms with van der Waals surface area (Å²) in [6.07, 6.45) is -0.971. The van der Waals surface area contributed by atoms with E-state index in [1.807, 2.05) is 0 Å². The van der Waals surface area contributed by atoms with Gasteiger partial charge in [0.15, 0.2) is 17.6 Å². The van der Waals surface area contributed by atoms with Crippen LogP contribution in [0.2, 0.25) is 5.02 Å². The molecule has 0 fully saturated rings. The van der Waals surface area contributed by atoms with Gasteiger partial charge in [0.25, 0.3) is 0 Å². The smallest absolute Gasteiger partial charge is 0.486 e. The van der Waals surface area contributed by atoms with Gasteiger partial charge in [-0.05, 0) is 12.1 Å². The molecule has 0 unspecified atom stereocenters. The van der Waals surface area contributed by atoms with Gasteiger partial charge in [0, 0.05) is 11.1 Å². The van der Waals surface area contributed by atoms with Crippen molar-refractivity contribution in [3.05, 3.63) is 23.2 Å². The van der Waals surface area contributed by atoms with Gasteiger partial charge in [-0.3, -0.25) is 4.18 Å². The van der Waals surface area contributed by atoms with Crippen LogP contribution < -0.4 is 9.47 Å². The van der Waals surface area contributed by atoms with Crippen molar-refractivity contribution in [2.75, 3.05) is 13.2 Å². The molecule has 1 heterocycles. The van der Waals surface area contributed by atoms with Gasteiger partial charge in [-0.15, -0.1) is 0 Å². The molecule has 0 saturated carbocycles. The standard InChI is InChI=1S/C10H8ClF3O5S/c11-6-1-2-8-9(3-6)17-4-7(19-8)5-18-20(15,16)10(12,13)14/h1-3,7H,4-5H2/t7-/m1/s1. The van der Waals surface area contributed by atoms with Crippen molar-refractivity contribution in [3.63, 3.8) is 0 Å². The van der Waals surface area contributed by atoms with E-state index in [2.05, 4.69) is 4.18 Å². The van der Waals surface area contributed by atoms with E-state index in [0.717, 1.165) is 0 Å². The normalized spacial score (nSPS) is 18.9. The molecule has 5 nitrogen and oxygen atoms in total. The molecule has 1 aliphatic heterocycles. The topological polar surface area (TPSA) is 61.8 Å². The molecule has 0 aliphatic carbocycles. The highest BCUT2D eigenvalue weighted by atomic mass is 35.5. The van der Waals surface area contributed by atoms with Gasteiger partial charge in [0.2, 0.25) is 0 Å². The molecule has 2 rings (SSSR count). The fourth-order valence-corrected chi connectivity index (χ4v) is 2.03. The van der Waals surface area contributed by atoms with Crippen LogP contribution >= 0.6 is 11.6 Å². The average molecular weight is 333 g/mol. The van der Waals surface area contributed by atoms with Crippen LogP contribution in [0.5, 0.6) is 11.5 Å². The Morgan fingerprint density at radius 3 is 2.70 bits per heavy atom. The Balaban J connectivity index is 1.99. The van der Waals surface area contributed by atoms with Crippen LogP contribution in [-0.4, -0.2) is 33.2 Å². The van der Waals surface area contributed by atoms with Crippen LogP contribution in [0.25, 0.3) is 0 Å². The van der Waals surface area contributed by atoms with Crippen molar-refractivity contribution in [2.24, 2.45) is 0 Å². The van der Waals surface area contributed by atoms with Crippen molar-refractivity contribution in [1.82, 2.24) is 0 Å². The Hall–Kier alpha value is -1.19. The molecular formula is C10H8ClF3O5S. The molecule has 10 heteroatoms. The summed E-state index contributed by atoms with van der Waals surface area (Å²) in [5.74, 6) is 0.575. The third-order valence-corrected chi connectivity index (χ3v) is 3.57. The third-order valence-electron chi connectivity index (χ3n) is 2.32. The van der Waals surface area contributed by atoms with E-state index in [1.165, 1.54) is 18.2 Å². The van der Waals surface area contributed by atoms with Gasteiger partial charge >= 0.3 is 15.6 Å². The number of benzene rings is 1. The van der Waals surface area contributed by atoms with Gasteiger partial charge < -0.3 is 9.47 Å². The minimum absolute atomic E-state index is 0.152. The van der Waals surface area contributed by atoms with Crippen LogP contribution in [0.15, 0.2) is 18.2 Å². The molecular weight excluding hydrogens is 325 g/mol. The summed E-state index contributed by atoms with van der Waals surface area (Å²) in [6.45, 7) is -0.954. The fraction of sp³-hybridized carbons (Fsp3) is 0.400. The van der Waals surface area contributed by atoms with E-state index in [9.17, 15) is 21.6 Å². The van der Waals surface area contributed by atoms with Crippen molar-refractivity contribution in [1.29, 1.82) is 0 Å². The van der Waals surface area contributed by atoms with E-state index >= 15 is 0 Å². The van der Waals surface area contributed by atoms with Crippen molar-refractivity contribution < 1.29 is 35.2 Å². The van der Waals surface area contributed by atoms with Crippen molar-refractivity contribution in [3.8, 4) is 11.5 Å². The Bertz CT molecular complexity index is 601. The maximum absolute atomic E-state index is 12.1. The Morgan fingerprint density at radius 1 is 1.35 bits per heavy atom. The summed E-state index contributed by atoms with van der Waals surface area (Å²) in [5, 5.41) is 0.404. The molecule has 0 radical (unpaired) electrons. The Labute approximate surface area is 117 Å². The molecule has 1 atom stereocenters. The summed E-state index contributed by atoms with van der Waals surface area (Å²) in [5.41, 5.74) is -5.46. The minimum atomic E-state index is -5.64. The lowest BCUT2D eigenvalue weighted by Gasteiger charge is -2.26. The van der Waals surface area contributed by atoms with Crippen LogP contribution in [0.3, 0.4) is 0 Å². The molecule has 20 heavy (non-hydrogen) atoms. The summed E-state index contributed by atoms with van der Waals surface area (Å²) in [4.78, 5) is 0. The van der Waals surface area contributed by atoms with E-state index in [1.54, 1.807) is 0 Å². The number of hydrogen-bond donors (Lipinski definition) is 0. The highest BCUT2D eigenvalue weighted by Crippen LogP contribution is 2.34. The molecule has 112 valence electrons. The van der Waals surface area contributed by atoms with Crippen molar-refractivity contribution >= 4 is 21.7 Å². The predicted molar refractivity (Wildman–Crippen MR) is 62.3 cm³/mol. The second-order valence-corrected chi connectivity index (χ2v) is 5.87. The van der Waals surface area contributed by atoms with Crippen LogP contribution in [-0.2, 0) is 14.3 Å². The minimum Gasteiger partial charge on any atom is -0.486 e. The van der Waals surface area contributed by atoms with Gasteiger partial charge in [-0.25, -0.2) is 0 Å². The van der Waals surface area contributed by atoms with Crippen LogP contribution in [0.4, 0.5) is 13.2 Å². The van der Waals surface area contributed by atoms with Gasteiger partial charge in [-0.2, -0.15) is 21.6 Å². The number of alkyl halides is 3. The first-order valence-corrected chi connectivity index (χ1v) is 7.02. The van der Waals surface area contributed by atoms with Crippen molar-refractivity contribution in [2.45, 2.75) is 11.6 Å². The lowest BCUT2D eigenvalue weighted by atomic mass is 10.3. The maximum atomic E-state index is 12.1. The van der Waals surface area contributed by atoms with Gasteiger partial charge in [0.05, 0.1) is 0 Å². The average Bonchev–Trinajstić information content (AvgIpc) is 2.35. The molecule has 0 aromatic heterocycles. The second-order valence-electron chi connectivity index (χ2n) is 3.83. The lowest BCUT2D eigenvalue weighted by Crippen LogP contribution is -2.36. The summed E-state index contributed by atoms with van der Waals surface area (Å²) < 4.78 is 72.0. The summed E-state index contributed by atoms with van der Waals surface area (Å²) in [7, 11) is -5.64.